The highest BCUT2D eigenvalue weighted by atomic mass is 19.4. The van der Waals surface area contributed by atoms with Crippen molar-refractivity contribution in [2.45, 2.75) is 25.6 Å². The van der Waals surface area contributed by atoms with Crippen LogP contribution in [0.3, 0.4) is 0 Å². The van der Waals surface area contributed by atoms with Gasteiger partial charge in [0, 0.05) is 13.0 Å². The van der Waals surface area contributed by atoms with Crippen LogP contribution in [0.4, 0.5) is 13.2 Å². The number of alkyl halides is 3. The maximum absolute atomic E-state index is 13.2. The SMILES string of the molecule is CC1CC1C(=O)N(C)C(c1ccccc1)C(F)(F)F. The molecule has 2 rings (SSSR count). The van der Waals surface area contributed by atoms with E-state index in [1.165, 1.54) is 19.2 Å². The number of benzene rings is 1. The van der Waals surface area contributed by atoms with Crippen LogP contribution in [0.25, 0.3) is 0 Å². The van der Waals surface area contributed by atoms with Crippen molar-refractivity contribution in [2.75, 3.05) is 7.05 Å². The van der Waals surface area contributed by atoms with Crippen LogP contribution in [0, 0.1) is 11.8 Å². The Balaban J connectivity index is 2.26. The third-order valence-corrected chi connectivity index (χ3v) is 3.59. The van der Waals surface area contributed by atoms with Crippen LogP contribution in [-0.4, -0.2) is 24.0 Å². The van der Waals surface area contributed by atoms with Gasteiger partial charge in [-0.05, 0) is 17.9 Å². The van der Waals surface area contributed by atoms with Gasteiger partial charge in [0.1, 0.15) is 0 Å². The van der Waals surface area contributed by atoms with Gasteiger partial charge in [0.2, 0.25) is 5.91 Å². The predicted octanol–water partition coefficient (Wildman–Crippen LogP) is 3.40. The standard InChI is InChI=1S/C14H16F3NO/c1-9-8-11(9)13(19)18(2)12(14(15,16)17)10-6-4-3-5-7-10/h3-7,9,11-12H,8H2,1-2H3. The molecule has 19 heavy (non-hydrogen) atoms. The highest BCUT2D eigenvalue weighted by Gasteiger charge is 2.49. The molecule has 104 valence electrons. The van der Waals surface area contributed by atoms with Crippen LogP contribution in [0.2, 0.25) is 0 Å². The summed E-state index contributed by atoms with van der Waals surface area (Å²) in [6.45, 7) is 1.88. The number of rotatable bonds is 3. The lowest BCUT2D eigenvalue weighted by atomic mass is 10.0. The van der Waals surface area contributed by atoms with Crippen LogP contribution < -0.4 is 0 Å². The lowest BCUT2D eigenvalue weighted by molar-refractivity contribution is -0.189. The first-order chi connectivity index (χ1) is 8.82. The van der Waals surface area contributed by atoms with E-state index in [1.807, 2.05) is 6.92 Å². The van der Waals surface area contributed by atoms with Crippen molar-refractivity contribution >= 4 is 5.91 Å². The van der Waals surface area contributed by atoms with Crippen molar-refractivity contribution in [1.29, 1.82) is 0 Å². The molecule has 0 aliphatic heterocycles. The van der Waals surface area contributed by atoms with Gasteiger partial charge in [0.15, 0.2) is 6.04 Å². The summed E-state index contributed by atoms with van der Waals surface area (Å²) >= 11 is 0. The number of amides is 1. The Labute approximate surface area is 110 Å². The lowest BCUT2D eigenvalue weighted by Gasteiger charge is -2.30. The van der Waals surface area contributed by atoms with Crippen LogP contribution in [0.15, 0.2) is 30.3 Å². The molecular weight excluding hydrogens is 255 g/mol. The van der Waals surface area contributed by atoms with E-state index >= 15 is 0 Å². The average molecular weight is 271 g/mol. The molecule has 3 atom stereocenters. The van der Waals surface area contributed by atoms with E-state index in [4.69, 9.17) is 0 Å². The summed E-state index contributed by atoms with van der Waals surface area (Å²) < 4.78 is 39.6. The van der Waals surface area contributed by atoms with Gasteiger partial charge in [-0.1, -0.05) is 37.3 Å². The zero-order chi connectivity index (χ0) is 14.2. The summed E-state index contributed by atoms with van der Waals surface area (Å²) in [5.74, 6) is -0.475. The van der Waals surface area contributed by atoms with Crippen LogP contribution in [0.1, 0.15) is 24.9 Å². The Hall–Kier alpha value is -1.52. The second kappa shape index (κ2) is 4.87. The Morgan fingerprint density at radius 2 is 1.84 bits per heavy atom. The predicted molar refractivity (Wildman–Crippen MR) is 65.3 cm³/mol. The first-order valence-corrected chi connectivity index (χ1v) is 6.20. The fourth-order valence-electron chi connectivity index (χ4n) is 2.32. The molecular formula is C14H16F3NO. The zero-order valence-corrected chi connectivity index (χ0v) is 10.8. The summed E-state index contributed by atoms with van der Waals surface area (Å²) in [5.41, 5.74) is 0.0964. The summed E-state index contributed by atoms with van der Waals surface area (Å²) in [5, 5.41) is 0. The van der Waals surface area contributed by atoms with E-state index < -0.39 is 18.1 Å². The average Bonchev–Trinajstić information content (AvgIpc) is 3.05. The van der Waals surface area contributed by atoms with E-state index in [9.17, 15) is 18.0 Å². The molecule has 0 spiro atoms. The Morgan fingerprint density at radius 1 is 1.32 bits per heavy atom. The molecule has 0 N–H and O–H groups in total. The van der Waals surface area contributed by atoms with Crippen LogP contribution in [0.5, 0.6) is 0 Å². The smallest absolute Gasteiger partial charge is 0.330 e. The Kier molecular flexibility index (Phi) is 3.56. The van der Waals surface area contributed by atoms with Gasteiger partial charge < -0.3 is 4.90 Å². The molecule has 1 amide bonds. The maximum Gasteiger partial charge on any atom is 0.413 e. The molecule has 0 heterocycles. The molecule has 1 aromatic carbocycles. The summed E-state index contributed by atoms with van der Waals surface area (Å²) in [7, 11) is 1.23. The summed E-state index contributed by atoms with van der Waals surface area (Å²) in [6, 6.07) is 5.69. The van der Waals surface area contributed by atoms with Crippen molar-refractivity contribution in [3.8, 4) is 0 Å². The first kappa shape index (κ1) is 13.9. The number of hydrogen-bond donors (Lipinski definition) is 0. The van der Waals surface area contributed by atoms with Gasteiger partial charge in [0.25, 0.3) is 0 Å². The molecule has 0 bridgehead atoms. The van der Waals surface area contributed by atoms with Gasteiger partial charge in [-0.2, -0.15) is 13.2 Å². The van der Waals surface area contributed by atoms with E-state index in [0.717, 1.165) is 4.90 Å². The molecule has 5 heteroatoms. The Bertz CT molecular complexity index is 458. The maximum atomic E-state index is 13.2. The molecule has 0 aromatic heterocycles. The molecule has 1 aromatic rings. The van der Waals surface area contributed by atoms with Crippen molar-refractivity contribution in [3.05, 3.63) is 35.9 Å². The number of hydrogen-bond acceptors (Lipinski definition) is 1. The van der Waals surface area contributed by atoms with E-state index in [1.54, 1.807) is 18.2 Å². The molecule has 3 unspecified atom stereocenters. The highest BCUT2D eigenvalue weighted by Crippen LogP contribution is 2.43. The monoisotopic (exact) mass is 271 g/mol. The second-order valence-corrected chi connectivity index (χ2v) is 5.12. The molecule has 1 fully saturated rings. The minimum Gasteiger partial charge on any atom is -0.330 e. The van der Waals surface area contributed by atoms with Gasteiger partial charge >= 0.3 is 6.18 Å². The lowest BCUT2D eigenvalue weighted by Crippen LogP contribution is -2.40. The van der Waals surface area contributed by atoms with E-state index in [-0.39, 0.29) is 17.4 Å². The summed E-state index contributed by atoms with van der Waals surface area (Å²) in [4.78, 5) is 12.8. The first-order valence-electron chi connectivity index (χ1n) is 6.20. The minimum atomic E-state index is -4.47. The fraction of sp³-hybridized carbons (Fsp3) is 0.500. The van der Waals surface area contributed by atoms with Crippen molar-refractivity contribution in [1.82, 2.24) is 4.90 Å². The van der Waals surface area contributed by atoms with Crippen molar-refractivity contribution < 1.29 is 18.0 Å². The molecule has 1 aliphatic rings. The molecule has 0 saturated heterocycles. The fourth-order valence-corrected chi connectivity index (χ4v) is 2.32. The number of nitrogens with zero attached hydrogens (tertiary/aromatic N) is 1. The third kappa shape index (κ3) is 2.91. The normalized spacial score (nSPS) is 23.8. The topological polar surface area (TPSA) is 20.3 Å². The van der Waals surface area contributed by atoms with Gasteiger partial charge in [-0.25, -0.2) is 0 Å². The van der Waals surface area contributed by atoms with Crippen LogP contribution >= 0.6 is 0 Å². The molecule has 1 aliphatic carbocycles. The zero-order valence-electron chi connectivity index (χ0n) is 10.8. The highest BCUT2D eigenvalue weighted by molar-refractivity contribution is 5.81. The van der Waals surface area contributed by atoms with Crippen molar-refractivity contribution in [2.24, 2.45) is 11.8 Å². The largest absolute Gasteiger partial charge is 0.413 e. The number of carbonyl (C=O) groups excluding carboxylic acids is 1. The van der Waals surface area contributed by atoms with Gasteiger partial charge in [0.05, 0.1) is 0 Å². The number of carbonyl (C=O) groups is 1. The van der Waals surface area contributed by atoms with Crippen molar-refractivity contribution in [3.63, 3.8) is 0 Å². The second-order valence-electron chi connectivity index (χ2n) is 5.12. The molecule has 1 saturated carbocycles. The van der Waals surface area contributed by atoms with Crippen LogP contribution in [-0.2, 0) is 4.79 Å². The number of halogens is 3. The van der Waals surface area contributed by atoms with E-state index in [0.29, 0.717) is 6.42 Å². The quantitative estimate of drug-likeness (QED) is 0.825. The Morgan fingerprint density at radius 3 is 2.26 bits per heavy atom. The third-order valence-electron chi connectivity index (χ3n) is 3.59. The minimum absolute atomic E-state index is 0.0964. The van der Waals surface area contributed by atoms with Gasteiger partial charge in [-0.3, -0.25) is 4.79 Å². The molecule has 0 radical (unpaired) electrons. The summed E-state index contributed by atoms with van der Waals surface area (Å²) in [6.07, 6.45) is -3.79. The van der Waals surface area contributed by atoms with Gasteiger partial charge in [-0.15, -0.1) is 0 Å². The molecule has 2 nitrogen and oxygen atoms in total. The van der Waals surface area contributed by atoms with E-state index in [2.05, 4.69) is 0 Å².